The van der Waals surface area contributed by atoms with Crippen LogP contribution in [0.2, 0.25) is 5.02 Å². The molecule has 3 nitrogen and oxygen atoms in total. The molecule has 2 rings (SSSR count). The van der Waals surface area contributed by atoms with E-state index in [9.17, 15) is 9.18 Å². The summed E-state index contributed by atoms with van der Waals surface area (Å²) in [6.07, 6.45) is 4.70. The lowest BCUT2D eigenvalue weighted by atomic mass is 10.0. The Morgan fingerprint density at radius 2 is 2.32 bits per heavy atom. The summed E-state index contributed by atoms with van der Waals surface area (Å²) >= 11 is 5.77. The molecule has 1 aromatic carbocycles. The van der Waals surface area contributed by atoms with Crippen molar-refractivity contribution in [3.05, 3.63) is 29.0 Å². The highest BCUT2D eigenvalue weighted by molar-refractivity contribution is 6.30. The predicted octanol–water partition coefficient (Wildman–Crippen LogP) is 3.34. The van der Waals surface area contributed by atoms with E-state index in [0.717, 1.165) is 19.4 Å². The molecule has 1 saturated heterocycles. The smallest absolute Gasteiger partial charge is 0.224 e. The van der Waals surface area contributed by atoms with E-state index < -0.39 is 5.82 Å². The molecule has 0 radical (unpaired) electrons. The average Bonchev–Trinajstić information content (AvgIpc) is 2.42. The Morgan fingerprint density at radius 1 is 1.47 bits per heavy atom. The molecule has 0 aromatic heterocycles. The molecule has 0 saturated carbocycles. The summed E-state index contributed by atoms with van der Waals surface area (Å²) in [5.41, 5.74) is 0.147. The Bertz CT molecular complexity index is 447. The molecule has 104 valence electrons. The van der Waals surface area contributed by atoms with Crippen LogP contribution in [0.3, 0.4) is 0 Å². The Kier molecular flexibility index (Phi) is 5.16. The van der Waals surface area contributed by atoms with Crippen molar-refractivity contribution in [1.29, 1.82) is 0 Å². The molecule has 1 aromatic rings. The average molecular weight is 285 g/mol. The first-order valence-electron chi connectivity index (χ1n) is 6.63. The van der Waals surface area contributed by atoms with Gasteiger partial charge in [-0.3, -0.25) is 4.79 Å². The highest BCUT2D eigenvalue weighted by Gasteiger charge is 2.14. The Hall–Kier alpha value is -1.13. The van der Waals surface area contributed by atoms with E-state index in [1.54, 1.807) is 0 Å². The van der Waals surface area contributed by atoms with Crippen molar-refractivity contribution < 1.29 is 9.18 Å². The summed E-state index contributed by atoms with van der Waals surface area (Å²) in [5, 5.41) is 6.36. The second kappa shape index (κ2) is 6.87. The fraction of sp³-hybridized carbons (Fsp3) is 0.500. The van der Waals surface area contributed by atoms with Gasteiger partial charge in [-0.05, 0) is 44.0 Å². The monoisotopic (exact) mass is 284 g/mol. The van der Waals surface area contributed by atoms with Crippen LogP contribution in [0.15, 0.2) is 18.2 Å². The van der Waals surface area contributed by atoms with E-state index in [1.165, 1.54) is 31.0 Å². The van der Waals surface area contributed by atoms with Crippen LogP contribution in [-0.4, -0.2) is 18.5 Å². The minimum Gasteiger partial charge on any atom is -0.324 e. The van der Waals surface area contributed by atoms with Gasteiger partial charge in [0.1, 0.15) is 5.82 Å². The number of amides is 1. The standard InChI is InChI=1S/C14H18ClFN2O/c15-10-4-6-12(16)13(9-10)18-14(19)7-5-11-3-1-2-8-17-11/h4,6,9,11,17H,1-3,5,7-8H2,(H,18,19). The van der Waals surface area contributed by atoms with E-state index in [1.807, 2.05) is 0 Å². The fourth-order valence-corrected chi connectivity index (χ4v) is 2.45. The molecule has 0 spiro atoms. The zero-order valence-corrected chi connectivity index (χ0v) is 11.5. The predicted molar refractivity (Wildman–Crippen MR) is 74.9 cm³/mol. The molecule has 1 aliphatic heterocycles. The molecule has 1 unspecified atom stereocenters. The maximum atomic E-state index is 13.4. The van der Waals surface area contributed by atoms with Gasteiger partial charge >= 0.3 is 0 Å². The number of hydrogen-bond donors (Lipinski definition) is 2. The van der Waals surface area contributed by atoms with E-state index in [4.69, 9.17) is 11.6 Å². The van der Waals surface area contributed by atoms with Crippen molar-refractivity contribution in [2.45, 2.75) is 38.1 Å². The van der Waals surface area contributed by atoms with Gasteiger partial charge in [0.15, 0.2) is 0 Å². The van der Waals surface area contributed by atoms with Crippen LogP contribution >= 0.6 is 11.6 Å². The molecule has 1 aliphatic rings. The van der Waals surface area contributed by atoms with Crippen molar-refractivity contribution in [3.8, 4) is 0 Å². The first-order valence-corrected chi connectivity index (χ1v) is 7.01. The van der Waals surface area contributed by atoms with Gasteiger partial charge in [0.25, 0.3) is 0 Å². The number of carbonyl (C=O) groups is 1. The molecule has 1 heterocycles. The van der Waals surface area contributed by atoms with E-state index in [2.05, 4.69) is 10.6 Å². The highest BCUT2D eigenvalue weighted by atomic mass is 35.5. The number of nitrogens with one attached hydrogen (secondary N) is 2. The van der Waals surface area contributed by atoms with Crippen molar-refractivity contribution in [2.24, 2.45) is 0 Å². The molecule has 1 fully saturated rings. The van der Waals surface area contributed by atoms with Crippen molar-refractivity contribution in [3.63, 3.8) is 0 Å². The third kappa shape index (κ3) is 4.48. The molecule has 1 atom stereocenters. The largest absolute Gasteiger partial charge is 0.324 e. The summed E-state index contributed by atoms with van der Waals surface area (Å²) in [4.78, 5) is 11.8. The molecule has 2 N–H and O–H groups in total. The van der Waals surface area contributed by atoms with Crippen LogP contribution in [0.5, 0.6) is 0 Å². The van der Waals surface area contributed by atoms with Gasteiger partial charge in [-0.2, -0.15) is 0 Å². The van der Waals surface area contributed by atoms with Gasteiger partial charge in [-0.1, -0.05) is 18.0 Å². The highest BCUT2D eigenvalue weighted by Crippen LogP contribution is 2.20. The number of halogens is 2. The number of carbonyl (C=O) groups excluding carboxylic acids is 1. The number of hydrogen-bond acceptors (Lipinski definition) is 2. The van der Waals surface area contributed by atoms with Crippen molar-refractivity contribution >= 4 is 23.2 Å². The first kappa shape index (κ1) is 14.3. The normalized spacial score (nSPS) is 19.2. The van der Waals surface area contributed by atoms with Gasteiger partial charge in [-0.25, -0.2) is 4.39 Å². The number of anilines is 1. The fourth-order valence-electron chi connectivity index (χ4n) is 2.28. The lowest BCUT2D eigenvalue weighted by molar-refractivity contribution is -0.116. The summed E-state index contributed by atoms with van der Waals surface area (Å²) in [6, 6.07) is 4.54. The van der Waals surface area contributed by atoms with Crippen LogP contribution in [0, 0.1) is 5.82 Å². The topological polar surface area (TPSA) is 41.1 Å². The van der Waals surface area contributed by atoms with Gasteiger partial charge in [0.2, 0.25) is 5.91 Å². The van der Waals surface area contributed by atoms with Crippen molar-refractivity contribution in [2.75, 3.05) is 11.9 Å². The van der Waals surface area contributed by atoms with Gasteiger partial charge in [-0.15, -0.1) is 0 Å². The summed E-state index contributed by atoms with van der Waals surface area (Å²) in [5.74, 6) is -0.637. The lowest BCUT2D eigenvalue weighted by Gasteiger charge is -2.23. The first-order chi connectivity index (χ1) is 9.15. The van der Waals surface area contributed by atoms with Crippen LogP contribution in [0.4, 0.5) is 10.1 Å². The van der Waals surface area contributed by atoms with Crippen molar-refractivity contribution in [1.82, 2.24) is 5.32 Å². The van der Waals surface area contributed by atoms with Gasteiger partial charge in [0.05, 0.1) is 5.69 Å². The quantitative estimate of drug-likeness (QED) is 0.890. The number of rotatable bonds is 4. The molecule has 5 heteroatoms. The number of benzene rings is 1. The molecule has 1 amide bonds. The molecule has 0 bridgehead atoms. The van der Waals surface area contributed by atoms with Gasteiger partial charge in [0, 0.05) is 17.5 Å². The minimum atomic E-state index is -0.464. The van der Waals surface area contributed by atoms with Crippen LogP contribution < -0.4 is 10.6 Å². The molecule has 19 heavy (non-hydrogen) atoms. The summed E-state index contributed by atoms with van der Waals surface area (Å²) in [7, 11) is 0. The third-order valence-electron chi connectivity index (χ3n) is 3.33. The van der Waals surface area contributed by atoms with Gasteiger partial charge < -0.3 is 10.6 Å². The van der Waals surface area contributed by atoms with Crippen LogP contribution in [-0.2, 0) is 4.79 Å². The second-order valence-electron chi connectivity index (χ2n) is 4.86. The maximum absolute atomic E-state index is 13.4. The lowest BCUT2D eigenvalue weighted by Crippen LogP contribution is -2.34. The number of piperidine rings is 1. The third-order valence-corrected chi connectivity index (χ3v) is 3.57. The molecular formula is C14H18ClFN2O. The molecule has 0 aliphatic carbocycles. The zero-order chi connectivity index (χ0) is 13.7. The minimum absolute atomic E-state index is 0.147. The second-order valence-corrected chi connectivity index (χ2v) is 5.29. The van der Waals surface area contributed by atoms with E-state index >= 15 is 0 Å². The van der Waals surface area contributed by atoms with E-state index in [0.29, 0.717) is 17.5 Å². The van der Waals surface area contributed by atoms with Crippen LogP contribution in [0.25, 0.3) is 0 Å². The SMILES string of the molecule is O=C(CCC1CCCCN1)Nc1cc(Cl)ccc1F. The molecular weight excluding hydrogens is 267 g/mol. The Balaban J connectivity index is 1.81. The zero-order valence-electron chi connectivity index (χ0n) is 10.7. The Morgan fingerprint density at radius 3 is 3.05 bits per heavy atom. The van der Waals surface area contributed by atoms with E-state index in [-0.39, 0.29) is 11.6 Å². The maximum Gasteiger partial charge on any atom is 0.224 e. The summed E-state index contributed by atoms with van der Waals surface area (Å²) < 4.78 is 13.4. The van der Waals surface area contributed by atoms with Crippen LogP contribution in [0.1, 0.15) is 32.1 Å². The summed E-state index contributed by atoms with van der Waals surface area (Å²) in [6.45, 7) is 1.02. The Labute approximate surface area is 117 Å².